The van der Waals surface area contributed by atoms with Crippen LogP contribution in [0.2, 0.25) is 0 Å². The number of carbonyl (C=O) groups excluding carboxylic acids is 2. The predicted molar refractivity (Wildman–Crippen MR) is 114 cm³/mol. The molecule has 2 N–H and O–H groups in total. The highest BCUT2D eigenvalue weighted by atomic mass is 16.6. The second-order valence-corrected chi connectivity index (χ2v) is 7.81. The zero-order chi connectivity index (χ0) is 22.1. The van der Waals surface area contributed by atoms with E-state index in [0.29, 0.717) is 30.3 Å². The molecule has 2 aliphatic rings. The summed E-state index contributed by atoms with van der Waals surface area (Å²) in [6, 6.07) is 15.6. The van der Waals surface area contributed by atoms with Gasteiger partial charge >= 0.3 is 6.03 Å². The van der Waals surface area contributed by atoms with Gasteiger partial charge in [-0.2, -0.15) is 0 Å². The lowest BCUT2D eigenvalue weighted by atomic mass is 10.1. The van der Waals surface area contributed by atoms with Crippen LogP contribution in [0.15, 0.2) is 54.6 Å². The van der Waals surface area contributed by atoms with Crippen LogP contribution in [-0.2, 0) is 9.47 Å². The van der Waals surface area contributed by atoms with Gasteiger partial charge in [0.25, 0.3) is 0 Å². The Kier molecular flexibility index (Phi) is 5.38. The van der Waals surface area contributed by atoms with Gasteiger partial charge < -0.3 is 20.1 Å². The van der Waals surface area contributed by atoms with E-state index in [1.165, 1.54) is 6.92 Å². The molecule has 0 spiro atoms. The zero-order valence-electron chi connectivity index (χ0n) is 17.3. The van der Waals surface area contributed by atoms with Gasteiger partial charge in [0, 0.05) is 16.8 Å². The number of benzene rings is 2. The maximum atomic E-state index is 12.5. The normalized spacial score (nSPS) is 24.2. The first-order valence-corrected chi connectivity index (χ1v) is 10.3. The summed E-state index contributed by atoms with van der Waals surface area (Å²) >= 11 is 0. The summed E-state index contributed by atoms with van der Waals surface area (Å²) in [5, 5.41) is 17.9. The van der Waals surface area contributed by atoms with Crippen molar-refractivity contribution in [2.24, 2.45) is 0 Å². The number of rotatable bonds is 5. The lowest BCUT2D eigenvalue weighted by molar-refractivity contribution is 0.0624. The highest BCUT2D eigenvalue weighted by molar-refractivity contribution is 5.95. The van der Waals surface area contributed by atoms with Crippen molar-refractivity contribution < 1.29 is 19.1 Å². The molecular formula is C22H22N6O4. The summed E-state index contributed by atoms with van der Waals surface area (Å²) in [4.78, 5) is 23.9. The Bertz CT molecular complexity index is 1120. The molecule has 3 aromatic rings. The Hall–Kier alpha value is -3.63. The Labute approximate surface area is 183 Å². The summed E-state index contributed by atoms with van der Waals surface area (Å²) < 4.78 is 13.7. The Balaban J connectivity index is 1.24. The number of fused-ring (bicyclic) bond motifs is 1. The minimum Gasteiger partial charge on any atom is -0.371 e. The number of carbonyl (C=O) groups is 2. The van der Waals surface area contributed by atoms with E-state index < -0.39 is 0 Å². The molecule has 10 nitrogen and oxygen atoms in total. The van der Waals surface area contributed by atoms with Gasteiger partial charge in [-0.25, -0.2) is 9.48 Å². The van der Waals surface area contributed by atoms with E-state index in [1.807, 2.05) is 30.3 Å². The van der Waals surface area contributed by atoms with E-state index in [-0.39, 0.29) is 36.1 Å². The van der Waals surface area contributed by atoms with Gasteiger partial charge in [-0.3, -0.25) is 4.79 Å². The lowest BCUT2D eigenvalue weighted by Crippen LogP contribution is -2.45. The van der Waals surface area contributed by atoms with Crippen molar-refractivity contribution in [3.63, 3.8) is 0 Å². The van der Waals surface area contributed by atoms with Gasteiger partial charge in [-0.05, 0) is 41.6 Å². The number of ether oxygens (including phenoxy) is 2. The van der Waals surface area contributed by atoms with Gasteiger partial charge in [0.15, 0.2) is 11.6 Å². The van der Waals surface area contributed by atoms with Crippen LogP contribution >= 0.6 is 0 Å². The molecule has 4 atom stereocenters. The molecule has 0 saturated carbocycles. The van der Waals surface area contributed by atoms with E-state index in [1.54, 1.807) is 28.9 Å². The average Bonchev–Trinajstić information content (AvgIpc) is 3.52. The molecule has 2 saturated heterocycles. The first-order chi connectivity index (χ1) is 15.6. The van der Waals surface area contributed by atoms with E-state index in [4.69, 9.17) is 9.47 Å². The van der Waals surface area contributed by atoms with Crippen molar-refractivity contribution in [2.45, 2.75) is 31.2 Å². The second-order valence-electron chi connectivity index (χ2n) is 7.81. The molecule has 2 aromatic carbocycles. The number of nitrogens with one attached hydrogen (secondary N) is 2. The third-order valence-electron chi connectivity index (χ3n) is 5.73. The number of urea groups is 1. The van der Waals surface area contributed by atoms with Gasteiger partial charge in [0.1, 0.15) is 18.2 Å². The lowest BCUT2D eigenvalue weighted by Gasteiger charge is -2.18. The van der Waals surface area contributed by atoms with Gasteiger partial charge in [-0.15, -0.1) is 5.10 Å². The maximum Gasteiger partial charge on any atom is 0.319 e. The molecule has 0 radical (unpaired) electrons. The van der Waals surface area contributed by atoms with Gasteiger partial charge in [-0.1, -0.05) is 30.3 Å². The highest BCUT2D eigenvalue weighted by Gasteiger charge is 2.50. The summed E-state index contributed by atoms with van der Waals surface area (Å²) in [5.41, 5.74) is 2.09. The topological polar surface area (TPSA) is 120 Å². The number of ketones is 1. The van der Waals surface area contributed by atoms with Crippen LogP contribution in [0.1, 0.15) is 23.3 Å². The average molecular weight is 434 g/mol. The minimum absolute atomic E-state index is 0.0268. The van der Waals surface area contributed by atoms with Crippen LogP contribution in [-0.4, -0.2) is 63.5 Å². The third kappa shape index (κ3) is 3.85. The smallest absolute Gasteiger partial charge is 0.319 e. The van der Waals surface area contributed by atoms with Crippen molar-refractivity contribution in [1.82, 2.24) is 25.5 Å². The van der Waals surface area contributed by atoms with E-state index in [9.17, 15) is 9.59 Å². The molecule has 1 aromatic heterocycles. The molecule has 2 amide bonds. The number of Topliss-reactive ketones (excluding diaryl/α,β-unsaturated/α-hetero) is 1. The maximum absolute atomic E-state index is 12.5. The molecule has 10 heteroatoms. The van der Waals surface area contributed by atoms with Crippen LogP contribution < -0.4 is 10.6 Å². The van der Waals surface area contributed by atoms with Crippen molar-refractivity contribution in [3.8, 4) is 11.4 Å². The number of anilines is 1. The van der Waals surface area contributed by atoms with Crippen LogP contribution in [0, 0.1) is 0 Å². The molecule has 32 heavy (non-hydrogen) atoms. The third-order valence-corrected chi connectivity index (χ3v) is 5.73. The Morgan fingerprint density at radius 1 is 1.00 bits per heavy atom. The van der Waals surface area contributed by atoms with Crippen LogP contribution in [0.25, 0.3) is 11.4 Å². The molecule has 5 rings (SSSR count). The number of amides is 2. The van der Waals surface area contributed by atoms with Crippen molar-refractivity contribution >= 4 is 17.5 Å². The predicted octanol–water partition coefficient (Wildman–Crippen LogP) is 2.07. The molecule has 2 aliphatic heterocycles. The molecule has 0 bridgehead atoms. The number of tetrazole rings is 1. The van der Waals surface area contributed by atoms with Gasteiger partial charge in [0.2, 0.25) is 0 Å². The fourth-order valence-corrected chi connectivity index (χ4v) is 4.13. The fourth-order valence-electron chi connectivity index (χ4n) is 4.13. The molecule has 4 unspecified atom stereocenters. The number of aromatic nitrogens is 4. The number of nitrogens with zero attached hydrogens (tertiary/aromatic N) is 4. The SMILES string of the molecule is CC(=O)c1ccc(NC(=O)NC2COC3C2OCC3n2nnnc2-c2ccccc2)cc1. The first-order valence-electron chi connectivity index (χ1n) is 10.3. The van der Waals surface area contributed by atoms with E-state index >= 15 is 0 Å². The minimum atomic E-state index is -0.366. The van der Waals surface area contributed by atoms with Crippen LogP contribution in [0.3, 0.4) is 0 Å². The van der Waals surface area contributed by atoms with Crippen molar-refractivity contribution in [2.75, 3.05) is 18.5 Å². The van der Waals surface area contributed by atoms with Crippen molar-refractivity contribution in [3.05, 3.63) is 60.2 Å². The van der Waals surface area contributed by atoms with Crippen LogP contribution in [0.4, 0.5) is 10.5 Å². The number of hydrogen-bond acceptors (Lipinski definition) is 7. The molecule has 164 valence electrons. The Morgan fingerprint density at radius 3 is 2.50 bits per heavy atom. The summed E-state index contributed by atoms with van der Waals surface area (Å²) in [5.74, 6) is 0.618. The number of hydrogen-bond donors (Lipinski definition) is 2. The summed E-state index contributed by atoms with van der Waals surface area (Å²) in [7, 11) is 0. The molecule has 3 heterocycles. The van der Waals surface area contributed by atoms with Gasteiger partial charge in [0.05, 0.1) is 19.3 Å². The fraction of sp³-hybridized carbons (Fsp3) is 0.318. The highest BCUT2D eigenvalue weighted by Crippen LogP contribution is 2.35. The first kappa shape index (κ1) is 20.3. The monoisotopic (exact) mass is 434 g/mol. The largest absolute Gasteiger partial charge is 0.371 e. The Morgan fingerprint density at radius 2 is 1.75 bits per heavy atom. The van der Waals surface area contributed by atoms with Crippen LogP contribution in [0.5, 0.6) is 0 Å². The molecular weight excluding hydrogens is 412 g/mol. The van der Waals surface area contributed by atoms with E-state index in [0.717, 1.165) is 5.56 Å². The quantitative estimate of drug-likeness (QED) is 0.590. The second kappa shape index (κ2) is 8.48. The molecule has 2 fully saturated rings. The zero-order valence-corrected chi connectivity index (χ0v) is 17.3. The van der Waals surface area contributed by atoms with E-state index in [2.05, 4.69) is 26.2 Å². The standard InChI is InChI=1S/C22H22N6O4/c1-13(29)14-7-9-16(10-8-14)23-22(30)24-17-11-31-20-18(12-32-19(17)20)28-21(25-26-27-28)15-5-3-2-4-6-15/h2-10,17-20H,11-12H2,1H3,(H2,23,24,30). The molecule has 0 aliphatic carbocycles. The van der Waals surface area contributed by atoms with Crippen molar-refractivity contribution in [1.29, 1.82) is 0 Å². The summed E-state index contributed by atoms with van der Waals surface area (Å²) in [6.07, 6.45) is -0.584. The summed E-state index contributed by atoms with van der Waals surface area (Å²) in [6.45, 7) is 2.20.